The van der Waals surface area contributed by atoms with E-state index < -0.39 is 0 Å². The Morgan fingerprint density at radius 3 is 1.05 bits per heavy atom. The summed E-state index contributed by atoms with van der Waals surface area (Å²) in [5.41, 5.74) is 23.0. The number of para-hydroxylation sites is 5. The van der Waals surface area contributed by atoms with Crippen LogP contribution in [-0.2, 0) is 0 Å². The van der Waals surface area contributed by atoms with Gasteiger partial charge in [-0.2, -0.15) is 0 Å². The van der Waals surface area contributed by atoms with Gasteiger partial charge in [-0.3, -0.25) is 4.57 Å². The fourth-order valence-electron chi connectivity index (χ4n) is 20.9. The third-order valence-corrected chi connectivity index (χ3v) is 29.1. The highest BCUT2D eigenvalue weighted by atomic mass is 32.1. The fraction of sp³-hybridized carbons (Fsp3) is 0. The lowest BCUT2D eigenvalue weighted by Gasteiger charge is -2.13. The van der Waals surface area contributed by atoms with Gasteiger partial charge >= 0.3 is 0 Å². The molecule has 634 valence electrons. The molecule has 0 saturated carbocycles. The molecule has 0 atom stereocenters. The van der Waals surface area contributed by atoms with Gasteiger partial charge in [-0.25, -0.2) is 29.9 Å². The van der Waals surface area contributed by atoms with E-state index in [1.54, 1.807) is 0 Å². The minimum absolute atomic E-state index is 0.615. The molecule has 0 saturated heterocycles. The van der Waals surface area contributed by atoms with Crippen molar-refractivity contribution in [3.8, 4) is 96.4 Å². The molecule has 20 aromatic carbocycles. The second kappa shape index (κ2) is 32.1. The Bertz CT molecular complexity index is 9380. The van der Waals surface area contributed by atoms with Crippen LogP contribution in [0.15, 0.2) is 459 Å². The van der Waals surface area contributed by atoms with E-state index in [9.17, 15) is 0 Å². The molecular formula is C124H75N9OS2. The first-order valence-electron chi connectivity index (χ1n) is 45.8. The smallest absolute Gasteiger partial charge is 0.235 e. The van der Waals surface area contributed by atoms with Crippen LogP contribution >= 0.6 is 22.7 Å². The molecule has 0 unspecified atom stereocenters. The van der Waals surface area contributed by atoms with E-state index in [1.807, 2.05) is 95.5 Å². The van der Waals surface area contributed by atoms with Crippen LogP contribution in [0, 0.1) is 0 Å². The highest BCUT2D eigenvalue weighted by Gasteiger charge is 2.29. The molecule has 0 amide bonds. The summed E-state index contributed by atoms with van der Waals surface area (Å²) < 4.78 is 19.1. The average molecular weight is 1770 g/mol. The van der Waals surface area contributed by atoms with Gasteiger partial charge in [0.05, 0.1) is 65.1 Å². The number of rotatable bonds is 10. The van der Waals surface area contributed by atoms with Crippen molar-refractivity contribution >= 4 is 194 Å². The SMILES string of the molecule is c1ccc(-c2cc(-c3cccc(-n4c5ccccc5c5c6ccccc6c6c7ccccc7sc6c54)c3)cc(-c3ccccc3)n2)cc1.c1ccc(-c2nc(-c3ccccc3)nc(-c3cccc(-n4c5ccccc5c5c6ccccc6c6c7ccccc7oc6c54)c3)n2)cc1.c1ccc(-c2nc(-n3c4ccccc4c4c5ccccc5c5c6ccccc6sc5c43)nc3ccccc23)cc1. The van der Waals surface area contributed by atoms with E-state index in [0.717, 1.165) is 122 Å². The summed E-state index contributed by atoms with van der Waals surface area (Å²) in [7, 11) is 0. The van der Waals surface area contributed by atoms with Gasteiger partial charge in [-0.05, 0) is 122 Å². The van der Waals surface area contributed by atoms with E-state index in [0.29, 0.717) is 23.4 Å². The molecule has 9 heterocycles. The van der Waals surface area contributed by atoms with E-state index in [4.69, 9.17) is 34.3 Å². The predicted molar refractivity (Wildman–Crippen MR) is 570 cm³/mol. The summed E-state index contributed by atoms with van der Waals surface area (Å²) in [4.78, 5) is 30.6. The summed E-state index contributed by atoms with van der Waals surface area (Å²) in [6, 6.07) is 160. The number of hydrogen-bond donors (Lipinski definition) is 0. The maximum atomic E-state index is 6.76. The molecule has 0 radical (unpaired) electrons. The van der Waals surface area contributed by atoms with E-state index in [2.05, 4.69) is 396 Å². The molecule has 0 spiro atoms. The molecule has 12 heteroatoms. The molecule has 0 N–H and O–H groups in total. The van der Waals surface area contributed by atoms with Crippen molar-refractivity contribution < 1.29 is 4.42 Å². The Kier molecular flexibility index (Phi) is 18.5. The van der Waals surface area contributed by atoms with E-state index >= 15 is 0 Å². The Balaban J connectivity index is 0.000000104. The Hall–Kier alpha value is -17.7. The first-order valence-corrected chi connectivity index (χ1v) is 47.4. The minimum Gasteiger partial charge on any atom is -0.454 e. The number of fused-ring (bicyclic) bond motifs is 31. The maximum absolute atomic E-state index is 6.76. The van der Waals surface area contributed by atoms with Crippen LogP contribution in [0.5, 0.6) is 0 Å². The lowest BCUT2D eigenvalue weighted by atomic mass is 9.99. The molecule has 29 aromatic rings. The standard InChI is InChI=1S/C45H28N2S.C43H26N4O.C36H21N3S/c1-3-14-29(15-4-1)38-27-32(28-39(46-38)30-16-5-2-6-17-30)31-18-13-19-33(26-31)47-40-24-11-9-22-36(40)42-34-20-7-8-21-35(34)43-37-23-10-12-25-41(37)48-45(43)44(42)47;1-3-14-27(15-4-1)41-44-42(28-16-5-2-6-17-28)46-43(45-41)29-18-13-19-30(26-29)47-35-24-11-9-22-33(35)37-31-20-7-8-21-32(31)38-34-23-10-12-25-36(34)48-40(38)39(37)47;1-2-12-22(13-3-1)33-25-16-6-9-19-28(25)37-36(38-33)39-29-20-10-7-17-26(29)31-23-14-4-5-15-24(23)32-27-18-8-11-21-30(27)40-35(32)34(31)39/h1-28H;1-26H;1-21H. The molecule has 29 rings (SSSR count). The van der Waals surface area contributed by atoms with Crippen LogP contribution in [0.4, 0.5) is 0 Å². The molecule has 10 nitrogen and oxygen atoms in total. The third kappa shape index (κ3) is 12.7. The van der Waals surface area contributed by atoms with Gasteiger partial charge in [0.15, 0.2) is 23.1 Å². The van der Waals surface area contributed by atoms with E-state index in [1.165, 1.54) is 122 Å². The van der Waals surface area contributed by atoms with Gasteiger partial charge in [0, 0.05) is 124 Å². The molecule has 0 fully saturated rings. The summed E-state index contributed by atoms with van der Waals surface area (Å²) >= 11 is 3.76. The minimum atomic E-state index is 0.615. The average Bonchev–Trinajstić information content (AvgIpc) is 1.55. The van der Waals surface area contributed by atoms with Crippen molar-refractivity contribution in [2.45, 2.75) is 0 Å². The molecule has 0 aliphatic carbocycles. The van der Waals surface area contributed by atoms with E-state index in [-0.39, 0.29) is 0 Å². The zero-order chi connectivity index (χ0) is 89.4. The highest BCUT2D eigenvalue weighted by Crippen LogP contribution is 2.52. The van der Waals surface area contributed by atoms with Gasteiger partial charge in [-0.15, -0.1) is 22.7 Å². The van der Waals surface area contributed by atoms with Crippen LogP contribution in [0.25, 0.3) is 267 Å². The zero-order valence-corrected chi connectivity index (χ0v) is 74.7. The van der Waals surface area contributed by atoms with Crippen LogP contribution in [0.2, 0.25) is 0 Å². The number of nitrogens with zero attached hydrogens (tertiary/aromatic N) is 9. The quantitative estimate of drug-likeness (QED) is 0.134. The second-order valence-electron chi connectivity index (χ2n) is 34.5. The molecule has 0 aliphatic heterocycles. The van der Waals surface area contributed by atoms with Crippen molar-refractivity contribution in [2.24, 2.45) is 0 Å². The monoisotopic (exact) mass is 1770 g/mol. The molecule has 0 bridgehead atoms. The van der Waals surface area contributed by atoms with Gasteiger partial charge in [0.1, 0.15) is 5.58 Å². The van der Waals surface area contributed by atoms with Crippen molar-refractivity contribution in [1.82, 2.24) is 43.6 Å². The van der Waals surface area contributed by atoms with Crippen molar-refractivity contribution in [1.29, 1.82) is 0 Å². The van der Waals surface area contributed by atoms with Crippen LogP contribution in [0.1, 0.15) is 0 Å². The Morgan fingerprint density at radius 1 is 0.206 bits per heavy atom. The highest BCUT2D eigenvalue weighted by molar-refractivity contribution is 7.27. The van der Waals surface area contributed by atoms with Gasteiger partial charge in [0.25, 0.3) is 0 Å². The summed E-state index contributed by atoms with van der Waals surface area (Å²) in [5.74, 6) is 2.58. The lowest BCUT2D eigenvalue weighted by molar-refractivity contribution is 0.671. The maximum Gasteiger partial charge on any atom is 0.235 e. The Labute approximate surface area is 787 Å². The number of aromatic nitrogens is 9. The first-order chi connectivity index (χ1) is 67.5. The molecule has 136 heavy (non-hydrogen) atoms. The van der Waals surface area contributed by atoms with Crippen molar-refractivity contribution in [3.63, 3.8) is 0 Å². The summed E-state index contributed by atoms with van der Waals surface area (Å²) in [5, 5.41) is 23.5. The number of thiophene rings is 2. The normalized spacial score (nSPS) is 11.8. The van der Waals surface area contributed by atoms with Crippen molar-refractivity contribution in [3.05, 3.63) is 455 Å². The largest absolute Gasteiger partial charge is 0.454 e. The zero-order valence-electron chi connectivity index (χ0n) is 73.1. The van der Waals surface area contributed by atoms with Gasteiger partial charge < -0.3 is 13.6 Å². The van der Waals surface area contributed by atoms with Crippen molar-refractivity contribution in [2.75, 3.05) is 0 Å². The molecule has 9 aromatic heterocycles. The van der Waals surface area contributed by atoms with Gasteiger partial charge in [0.2, 0.25) is 5.95 Å². The number of benzene rings is 20. The summed E-state index contributed by atoms with van der Waals surface area (Å²) in [6.07, 6.45) is 0. The molecular weight excluding hydrogens is 1700 g/mol. The Morgan fingerprint density at radius 2 is 0.551 bits per heavy atom. The predicted octanol–water partition coefficient (Wildman–Crippen LogP) is 33.6. The van der Waals surface area contributed by atoms with Crippen LogP contribution in [0.3, 0.4) is 0 Å². The van der Waals surface area contributed by atoms with Gasteiger partial charge in [-0.1, -0.05) is 376 Å². The third-order valence-electron chi connectivity index (χ3n) is 26.8. The summed E-state index contributed by atoms with van der Waals surface area (Å²) in [6.45, 7) is 0. The first kappa shape index (κ1) is 78.2. The number of furan rings is 1. The topological polar surface area (TPSA) is 105 Å². The molecule has 0 aliphatic rings. The number of pyridine rings is 1. The number of hydrogen-bond acceptors (Lipinski definition) is 9. The lowest BCUT2D eigenvalue weighted by Crippen LogP contribution is -2.03. The van der Waals surface area contributed by atoms with Crippen LogP contribution in [-0.4, -0.2) is 43.6 Å². The van der Waals surface area contributed by atoms with Crippen LogP contribution < -0.4 is 0 Å². The fourth-order valence-corrected chi connectivity index (χ4v) is 23.4. The second-order valence-corrected chi connectivity index (χ2v) is 36.6.